The number of halogens is 1. The number of thioether (sulfide) groups is 1. The van der Waals surface area contributed by atoms with Gasteiger partial charge in [-0.3, -0.25) is 9.59 Å². The van der Waals surface area contributed by atoms with Gasteiger partial charge in [0, 0.05) is 25.3 Å². The summed E-state index contributed by atoms with van der Waals surface area (Å²) in [7, 11) is 0. The van der Waals surface area contributed by atoms with E-state index in [1.807, 2.05) is 4.90 Å². The van der Waals surface area contributed by atoms with Crippen LogP contribution >= 0.6 is 11.8 Å². The Hall–Kier alpha value is -1.56. The van der Waals surface area contributed by atoms with Crippen LogP contribution in [-0.4, -0.2) is 46.5 Å². The van der Waals surface area contributed by atoms with Crippen molar-refractivity contribution < 1.29 is 14.0 Å². The highest BCUT2D eigenvalue weighted by atomic mass is 32.2. The quantitative estimate of drug-likeness (QED) is 0.812. The Morgan fingerprint density at radius 2 is 1.80 bits per heavy atom. The van der Waals surface area contributed by atoms with Crippen molar-refractivity contribution in [3.63, 3.8) is 0 Å². The van der Waals surface area contributed by atoms with Crippen LogP contribution in [0.4, 0.5) is 4.39 Å². The summed E-state index contributed by atoms with van der Waals surface area (Å²) >= 11 is 1.66. The van der Waals surface area contributed by atoms with Crippen molar-refractivity contribution in [1.29, 1.82) is 0 Å². The molecular formula is C19H23FN2O2S. The van der Waals surface area contributed by atoms with Gasteiger partial charge in [0.25, 0.3) is 0 Å². The first-order chi connectivity index (χ1) is 12.1. The van der Waals surface area contributed by atoms with Gasteiger partial charge in [-0.2, -0.15) is 0 Å². The van der Waals surface area contributed by atoms with Crippen LogP contribution < -0.4 is 0 Å². The highest BCUT2D eigenvalue weighted by Crippen LogP contribution is 2.54. The molecule has 0 radical (unpaired) electrons. The summed E-state index contributed by atoms with van der Waals surface area (Å²) in [6.07, 6.45) is 5.57. The maximum Gasteiger partial charge on any atom is 0.246 e. The highest BCUT2D eigenvalue weighted by Gasteiger charge is 2.57. The molecule has 25 heavy (non-hydrogen) atoms. The molecule has 0 unspecified atom stereocenters. The van der Waals surface area contributed by atoms with Crippen LogP contribution in [0.25, 0.3) is 0 Å². The van der Waals surface area contributed by atoms with E-state index in [0.29, 0.717) is 18.6 Å². The molecule has 0 N–H and O–H groups in total. The van der Waals surface area contributed by atoms with Gasteiger partial charge < -0.3 is 9.80 Å². The van der Waals surface area contributed by atoms with E-state index >= 15 is 0 Å². The zero-order valence-corrected chi connectivity index (χ0v) is 15.1. The zero-order chi connectivity index (χ0) is 17.4. The molecule has 2 atom stereocenters. The average Bonchev–Trinajstić information content (AvgIpc) is 3.02. The summed E-state index contributed by atoms with van der Waals surface area (Å²) in [5.41, 5.74) is 0.927. The molecule has 3 saturated heterocycles. The zero-order valence-electron chi connectivity index (χ0n) is 14.2. The van der Waals surface area contributed by atoms with Gasteiger partial charge in [0.2, 0.25) is 11.8 Å². The number of benzene rings is 1. The molecule has 1 aromatic carbocycles. The van der Waals surface area contributed by atoms with Crippen molar-refractivity contribution in [1.82, 2.24) is 9.80 Å². The number of carbonyl (C=O) groups is 2. The third-order valence-electron chi connectivity index (χ3n) is 5.63. The topological polar surface area (TPSA) is 40.6 Å². The first-order valence-corrected chi connectivity index (χ1v) is 10.1. The summed E-state index contributed by atoms with van der Waals surface area (Å²) < 4.78 is 13.3. The second kappa shape index (κ2) is 6.63. The monoisotopic (exact) mass is 362 g/mol. The molecule has 4 rings (SSSR count). The van der Waals surface area contributed by atoms with E-state index < -0.39 is 4.87 Å². The van der Waals surface area contributed by atoms with Crippen molar-refractivity contribution in [3.8, 4) is 0 Å². The molecule has 0 aliphatic carbocycles. The maximum absolute atomic E-state index is 13.3. The number of fused-ring (bicyclic) bond motifs is 1. The van der Waals surface area contributed by atoms with Gasteiger partial charge >= 0.3 is 0 Å². The Bertz CT molecular complexity index is 673. The van der Waals surface area contributed by atoms with Gasteiger partial charge in [-0.25, -0.2) is 4.39 Å². The fourth-order valence-corrected chi connectivity index (χ4v) is 5.98. The van der Waals surface area contributed by atoms with E-state index in [9.17, 15) is 14.0 Å². The molecule has 3 aliphatic rings. The molecule has 1 aromatic rings. The van der Waals surface area contributed by atoms with Gasteiger partial charge in [0.15, 0.2) is 0 Å². The summed E-state index contributed by atoms with van der Waals surface area (Å²) in [5.74, 6) is 0.477. The van der Waals surface area contributed by atoms with Crippen LogP contribution in [0.5, 0.6) is 0 Å². The number of likely N-dealkylation sites (tertiary alicyclic amines) is 1. The number of rotatable bonds is 2. The molecule has 0 aromatic heterocycles. The van der Waals surface area contributed by atoms with Crippen molar-refractivity contribution in [2.75, 3.05) is 18.8 Å². The van der Waals surface area contributed by atoms with Crippen LogP contribution in [0.3, 0.4) is 0 Å². The lowest BCUT2D eigenvalue weighted by atomic mass is 10.0. The van der Waals surface area contributed by atoms with Crippen molar-refractivity contribution >= 4 is 23.6 Å². The SMILES string of the molecule is O=C([C@@H]1CS[C@]2(c3ccc(F)cc3)CCC(=O)N12)N1CCCCCC1. The fraction of sp³-hybridized carbons (Fsp3) is 0.579. The minimum absolute atomic E-state index is 0.0440. The Labute approximate surface area is 151 Å². The molecule has 3 aliphatic heterocycles. The van der Waals surface area contributed by atoms with Crippen molar-refractivity contribution in [2.24, 2.45) is 0 Å². The van der Waals surface area contributed by atoms with Crippen molar-refractivity contribution in [2.45, 2.75) is 49.4 Å². The van der Waals surface area contributed by atoms with E-state index in [1.54, 1.807) is 28.8 Å². The van der Waals surface area contributed by atoms with Crippen LogP contribution in [0.2, 0.25) is 0 Å². The number of hydrogen-bond acceptors (Lipinski definition) is 3. The molecule has 3 heterocycles. The number of nitrogens with zero attached hydrogens (tertiary/aromatic N) is 2. The number of hydrogen-bond donors (Lipinski definition) is 0. The molecule has 2 amide bonds. The minimum Gasteiger partial charge on any atom is -0.341 e. The van der Waals surface area contributed by atoms with Gasteiger partial charge in [0.05, 0.1) is 0 Å². The lowest BCUT2D eigenvalue weighted by Crippen LogP contribution is -2.51. The Morgan fingerprint density at radius 1 is 1.12 bits per heavy atom. The molecule has 134 valence electrons. The Morgan fingerprint density at radius 3 is 2.48 bits per heavy atom. The largest absolute Gasteiger partial charge is 0.341 e. The van der Waals surface area contributed by atoms with Crippen LogP contribution in [0, 0.1) is 5.82 Å². The van der Waals surface area contributed by atoms with E-state index in [-0.39, 0.29) is 23.7 Å². The predicted octanol–water partition coefficient (Wildman–Crippen LogP) is 3.12. The predicted molar refractivity (Wildman–Crippen MR) is 95.5 cm³/mol. The average molecular weight is 362 g/mol. The smallest absolute Gasteiger partial charge is 0.246 e. The van der Waals surface area contributed by atoms with Crippen LogP contribution in [0.15, 0.2) is 24.3 Å². The lowest BCUT2D eigenvalue weighted by Gasteiger charge is -2.35. The number of amides is 2. The summed E-state index contributed by atoms with van der Waals surface area (Å²) in [6.45, 7) is 1.59. The van der Waals surface area contributed by atoms with E-state index in [1.165, 1.54) is 25.0 Å². The summed E-state index contributed by atoms with van der Waals surface area (Å²) in [5, 5.41) is 0. The Balaban J connectivity index is 1.62. The third-order valence-corrected chi connectivity index (χ3v) is 7.22. The first-order valence-electron chi connectivity index (χ1n) is 9.13. The second-order valence-corrected chi connectivity index (χ2v) is 8.42. The van der Waals surface area contributed by atoms with Gasteiger partial charge in [0.1, 0.15) is 16.7 Å². The summed E-state index contributed by atoms with van der Waals surface area (Å²) in [6, 6.07) is 6.01. The Kier molecular flexibility index (Phi) is 4.48. The first kappa shape index (κ1) is 16.9. The van der Waals surface area contributed by atoms with Gasteiger partial charge in [-0.15, -0.1) is 11.8 Å². The molecular weight excluding hydrogens is 339 g/mol. The summed E-state index contributed by atoms with van der Waals surface area (Å²) in [4.78, 5) is 29.0. The lowest BCUT2D eigenvalue weighted by molar-refractivity contribution is -0.144. The molecule has 0 bridgehead atoms. The highest BCUT2D eigenvalue weighted by molar-refractivity contribution is 8.00. The van der Waals surface area contributed by atoms with Crippen LogP contribution in [-0.2, 0) is 14.5 Å². The minimum atomic E-state index is -0.503. The van der Waals surface area contributed by atoms with E-state index in [4.69, 9.17) is 0 Å². The van der Waals surface area contributed by atoms with Crippen molar-refractivity contribution in [3.05, 3.63) is 35.6 Å². The third kappa shape index (κ3) is 2.84. The molecule has 0 saturated carbocycles. The fourth-order valence-electron chi connectivity index (χ4n) is 4.34. The second-order valence-electron chi connectivity index (χ2n) is 7.12. The molecule has 3 fully saturated rings. The van der Waals surface area contributed by atoms with Gasteiger partial charge in [-0.05, 0) is 37.0 Å². The number of carbonyl (C=O) groups excluding carboxylic acids is 2. The molecule has 4 nitrogen and oxygen atoms in total. The van der Waals surface area contributed by atoms with Crippen LogP contribution in [0.1, 0.15) is 44.1 Å². The van der Waals surface area contributed by atoms with Gasteiger partial charge in [-0.1, -0.05) is 25.0 Å². The normalized spacial score (nSPS) is 29.6. The van der Waals surface area contributed by atoms with E-state index in [2.05, 4.69) is 0 Å². The molecule has 6 heteroatoms. The molecule has 0 spiro atoms. The standard InChI is InChI=1S/C19H23FN2O2S/c20-15-7-5-14(6-8-15)19-10-9-17(23)22(19)16(13-25-19)18(24)21-11-3-1-2-4-12-21/h5-8,16H,1-4,9-13H2/t16-,19-/m0/s1. The van der Waals surface area contributed by atoms with E-state index in [0.717, 1.165) is 31.5 Å². The maximum atomic E-state index is 13.3.